The van der Waals surface area contributed by atoms with Crippen LogP contribution in [0.4, 0.5) is 0 Å². The number of nitrogens with zero attached hydrogens (tertiary/aromatic N) is 2. The number of carbonyl (C=O) groups excluding carboxylic acids is 1. The van der Waals surface area contributed by atoms with E-state index in [2.05, 4.69) is 26.3 Å². The van der Waals surface area contributed by atoms with Crippen molar-refractivity contribution in [3.63, 3.8) is 0 Å². The summed E-state index contributed by atoms with van der Waals surface area (Å²) in [6.45, 7) is 5.79. The van der Waals surface area contributed by atoms with Gasteiger partial charge in [0.05, 0.1) is 24.2 Å². The molecule has 2 N–H and O–H groups in total. The zero-order valence-electron chi connectivity index (χ0n) is 13.8. The molecule has 0 aliphatic rings. The predicted molar refractivity (Wildman–Crippen MR) is 94.0 cm³/mol. The Morgan fingerprint density at radius 3 is 2.42 bits per heavy atom. The first-order chi connectivity index (χ1) is 11.3. The van der Waals surface area contributed by atoms with Crippen molar-refractivity contribution >= 4 is 27.8 Å². The molecule has 1 atom stereocenters. The number of carboxylic acids is 1. The maximum atomic E-state index is 12.6. The summed E-state index contributed by atoms with van der Waals surface area (Å²) in [4.78, 5) is 23.7. The van der Waals surface area contributed by atoms with Crippen LogP contribution in [0.3, 0.4) is 0 Å². The van der Waals surface area contributed by atoms with E-state index in [0.717, 1.165) is 15.7 Å². The van der Waals surface area contributed by atoms with E-state index < -0.39 is 12.0 Å². The highest BCUT2D eigenvalue weighted by atomic mass is 79.9. The van der Waals surface area contributed by atoms with E-state index in [1.165, 1.54) is 6.20 Å². The molecular weight excluding hydrogens is 374 g/mol. The fraction of sp³-hybridized carbons (Fsp3) is 0.353. The van der Waals surface area contributed by atoms with Crippen molar-refractivity contribution in [3.05, 3.63) is 51.8 Å². The standard InChI is InChI=1S/C17H20BrN3O3/c1-10(2)21-11(3)14(9-19-21)17(24)20-15(8-16(22)23)12-4-6-13(18)7-5-12/h4-7,9-10,15H,8H2,1-3H3,(H,20,24)(H,22,23). The molecule has 2 rings (SSSR count). The van der Waals surface area contributed by atoms with Gasteiger partial charge in [0.2, 0.25) is 0 Å². The fourth-order valence-corrected chi connectivity index (χ4v) is 2.79. The van der Waals surface area contributed by atoms with Crippen molar-refractivity contribution < 1.29 is 14.7 Å². The van der Waals surface area contributed by atoms with Gasteiger partial charge in [0.1, 0.15) is 0 Å². The van der Waals surface area contributed by atoms with Gasteiger partial charge in [-0.05, 0) is 38.5 Å². The number of benzene rings is 1. The minimum Gasteiger partial charge on any atom is -0.481 e. The highest BCUT2D eigenvalue weighted by molar-refractivity contribution is 9.10. The van der Waals surface area contributed by atoms with E-state index in [0.29, 0.717) is 5.56 Å². The number of nitrogens with one attached hydrogen (secondary N) is 1. The molecular formula is C17H20BrN3O3. The Balaban J connectivity index is 2.24. The molecule has 2 aromatic rings. The van der Waals surface area contributed by atoms with E-state index in [9.17, 15) is 9.59 Å². The Bertz CT molecular complexity index is 738. The van der Waals surface area contributed by atoms with Gasteiger partial charge in [-0.15, -0.1) is 0 Å². The van der Waals surface area contributed by atoms with Gasteiger partial charge in [-0.1, -0.05) is 28.1 Å². The molecule has 0 fully saturated rings. The maximum absolute atomic E-state index is 12.6. The molecule has 0 aliphatic carbocycles. The normalized spacial score (nSPS) is 12.2. The van der Waals surface area contributed by atoms with Gasteiger partial charge in [0.25, 0.3) is 5.91 Å². The van der Waals surface area contributed by atoms with Gasteiger partial charge < -0.3 is 10.4 Å². The van der Waals surface area contributed by atoms with Crippen LogP contribution in [0.5, 0.6) is 0 Å². The van der Waals surface area contributed by atoms with Crippen LogP contribution in [0, 0.1) is 6.92 Å². The lowest BCUT2D eigenvalue weighted by atomic mass is 10.0. The number of hydrogen-bond acceptors (Lipinski definition) is 3. The zero-order valence-corrected chi connectivity index (χ0v) is 15.4. The molecule has 1 aromatic heterocycles. The second-order valence-corrected chi connectivity index (χ2v) is 6.77. The van der Waals surface area contributed by atoms with Crippen molar-refractivity contribution in [2.75, 3.05) is 0 Å². The second kappa shape index (κ2) is 7.61. The molecule has 128 valence electrons. The van der Waals surface area contributed by atoms with Gasteiger partial charge in [-0.25, -0.2) is 0 Å². The molecule has 1 amide bonds. The third kappa shape index (κ3) is 4.23. The summed E-state index contributed by atoms with van der Waals surface area (Å²) in [6.07, 6.45) is 1.33. The Hall–Kier alpha value is -2.15. The van der Waals surface area contributed by atoms with Crippen molar-refractivity contribution in [3.8, 4) is 0 Å². The number of carboxylic acid groups (broad SMARTS) is 1. The van der Waals surface area contributed by atoms with Gasteiger partial charge >= 0.3 is 5.97 Å². The molecule has 0 aliphatic heterocycles. The van der Waals surface area contributed by atoms with Crippen LogP contribution < -0.4 is 5.32 Å². The summed E-state index contributed by atoms with van der Waals surface area (Å²) >= 11 is 3.34. The summed E-state index contributed by atoms with van der Waals surface area (Å²) in [7, 11) is 0. The van der Waals surface area contributed by atoms with Crippen LogP contribution >= 0.6 is 15.9 Å². The lowest BCUT2D eigenvalue weighted by Crippen LogP contribution is -2.30. The van der Waals surface area contributed by atoms with Gasteiger partial charge in [0, 0.05) is 16.2 Å². The summed E-state index contributed by atoms with van der Waals surface area (Å²) < 4.78 is 2.65. The molecule has 0 bridgehead atoms. The van der Waals surface area contributed by atoms with Crippen molar-refractivity contribution in [2.45, 2.75) is 39.3 Å². The summed E-state index contributed by atoms with van der Waals surface area (Å²) in [5, 5.41) is 16.2. The lowest BCUT2D eigenvalue weighted by Gasteiger charge is -2.17. The summed E-state index contributed by atoms with van der Waals surface area (Å²) in [6, 6.07) is 6.76. The van der Waals surface area contributed by atoms with E-state index in [1.807, 2.05) is 32.9 Å². The van der Waals surface area contributed by atoms with Crippen molar-refractivity contribution in [1.82, 2.24) is 15.1 Å². The van der Waals surface area contributed by atoms with E-state index in [1.54, 1.807) is 16.8 Å². The number of aliphatic carboxylic acids is 1. The average molecular weight is 394 g/mol. The molecule has 1 heterocycles. The second-order valence-electron chi connectivity index (χ2n) is 5.86. The van der Waals surface area contributed by atoms with Crippen molar-refractivity contribution in [1.29, 1.82) is 0 Å². The fourth-order valence-electron chi connectivity index (χ4n) is 2.52. The van der Waals surface area contributed by atoms with Crippen LogP contribution in [0.2, 0.25) is 0 Å². The summed E-state index contributed by atoms with van der Waals surface area (Å²) in [5.74, 6) is -1.30. The Morgan fingerprint density at radius 1 is 1.29 bits per heavy atom. The molecule has 1 aromatic carbocycles. The third-order valence-corrected chi connectivity index (χ3v) is 4.26. The SMILES string of the molecule is Cc1c(C(=O)NC(CC(=O)O)c2ccc(Br)cc2)cnn1C(C)C. The highest BCUT2D eigenvalue weighted by Gasteiger charge is 2.22. The molecule has 0 saturated carbocycles. The van der Waals surface area contributed by atoms with Gasteiger partial charge in [-0.3, -0.25) is 14.3 Å². The Morgan fingerprint density at radius 2 is 1.92 bits per heavy atom. The van der Waals surface area contributed by atoms with Crippen LogP contribution in [0.15, 0.2) is 34.9 Å². The highest BCUT2D eigenvalue weighted by Crippen LogP contribution is 2.21. The minimum atomic E-state index is -0.974. The molecule has 0 radical (unpaired) electrons. The molecule has 0 saturated heterocycles. The number of rotatable bonds is 6. The Labute approximate surface area is 149 Å². The smallest absolute Gasteiger partial charge is 0.305 e. The van der Waals surface area contributed by atoms with E-state index in [4.69, 9.17) is 5.11 Å². The number of aromatic nitrogens is 2. The average Bonchev–Trinajstić information content (AvgIpc) is 2.88. The summed E-state index contributed by atoms with van der Waals surface area (Å²) in [5.41, 5.74) is 1.95. The van der Waals surface area contributed by atoms with Gasteiger partial charge in [0.15, 0.2) is 0 Å². The molecule has 1 unspecified atom stereocenters. The number of carbonyl (C=O) groups is 2. The van der Waals surface area contributed by atoms with Crippen LogP contribution in [0.1, 0.15) is 54.0 Å². The van der Waals surface area contributed by atoms with E-state index >= 15 is 0 Å². The van der Waals surface area contributed by atoms with Crippen LogP contribution in [-0.2, 0) is 4.79 Å². The van der Waals surface area contributed by atoms with E-state index in [-0.39, 0.29) is 18.4 Å². The maximum Gasteiger partial charge on any atom is 0.305 e. The first-order valence-corrected chi connectivity index (χ1v) is 8.41. The largest absolute Gasteiger partial charge is 0.481 e. The number of hydrogen-bond donors (Lipinski definition) is 2. The third-order valence-electron chi connectivity index (χ3n) is 3.73. The molecule has 0 spiro atoms. The van der Waals surface area contributed by atoms with Crippen LogP contribution in [-0.4, -0.2) is 26.8 Å². The lowest BCUT2D eigenvalue weighted by molar-refractivity contribution is -0.137. The number of amides is 1. The monoisotopic (exact) mass is 393 g/mol. The topological polar surface area (TPSA) is 84.2 Å². The van der Waals surface area contributed by atoms with Crippen LogP contribution in [0.25, 0.3) is 0 Å². The predicted octanol–water partition coefficient (Wildman–Crippen LogP) is 3.48. The first-order valence-electron chi connectivity index (χ1n) is 7.61. The Kier molecular flexibility index (Phi) is 5.77. The minimum absolute atomic E-state index is 0.146. The molecule has 6 nitrogen and oxygen atoms in total. The molecule has 24 heavy (non-hydrogen) atoms. The zero-order chi connectivity index (χ0) is 17.9. The first kappa shape index (κ1) is 18.2. The van der Waals surface area contributed by atoms with Gasteiger partial charge in [-0.2, -0.15) is 5.10 Å². The quantitative estimate of drug-likeness (QED) is 0.786. The number of halogens is 1. The van der Waals surface area contributed by atoms with Crippen molar-refractivity contribution in [2.24, 2.45) is 0 Å². The molecule has 7 heteroatoms.